The lowest BCUT2D eigenvalue weighted by molar-refractivity contribution is 0.332. The van der Waals surface area contributed by atoms with Crippen molar-refractivity contribution >= 4 is 11.4 Å². The highest BCUT2D eigenvalue weighted by atomic mass is 14.9. The van der Waals surface area contributed by atoms with Gasteiger partial charge in [0.1, 0.15) is 0 Å². The Hall–Kier alpha value is -1.76. The van der Waals surface area contributed by atoms with Crippen LogP contribution in [0.15, 0.2) is 36.4 Å². The van der Waals surface area contributed by atoms with E-state index in [0.717, 1.165) is 11.4 Å². The second-order valence-corrected chi connectivity index (χ2v) is 12.1. The van der Waals surface area contributed by atoms with Crippen molar-refractivity contribution in [2.75, 3.05) is 5.31 Å². The quantitative estimate of drug-likeness (QED) is 0.546. The molecule has 0 aliphatic heterocycles. The highest BCUT2D eigenvalue weighted by Gasteiger charge is 2.38. The molecule has 0 heterocycles. The van der Waals surface area contributed by atoms with Crippen molar-refractivity contribution < 1.29 is 1.41 Å². The van der Waals surface area contributed by atoms with Gasteiger partial charge < -0.3 is 5.31 Å². The van der Waals surface area contributed by atoms with Crippen LogP contribution in [-0.2, 0) is 21.7 Å². The molecule has 1 heteroatoms. The van der Waals surface area contributed by atoms with E-state index in [-0.39, 0.29) is 21.7 Å². The molecule has 2 aliphatic carbocycles. The molecular weight excluding hydrogens is 350 g/mol. The van der Waals surface area contributed by atoms with E-state index < -0.39 is 0 Å². The number of hydrogen-bond acceptors (Lipinski definition) is 1. The average Bonchev–Trinajstić information content (AvgIpc) is 2.68. The SMILES string of the molecule is [2H]N(c1ccc2c(c1)C(C)(C)CCC2(C)C)c1ccc2c(c1)C(C)(C)CCC2(C)C. The van der Waals surface area contributed by atoms with Gasteiger partial charge in [-0.05, 0) is 93.9 Å². The number of hydrogen-bond donors (Lipinski definition) is 1. The van der Waals surface area contributed by atoms with Crippen LogP contribution in [0.1, 0.15) is 103 Å². The Morgan fingerprint density at radius 3 is 1.21 bits per heavy atom. The summed E-state index contributed by atoms with van der Waals surface area (Å²) >= 11 is 0. The van der Waals surface area contributed by atoms with E-state index in [1.54, 1.807) is 5.31 Å². The molecule has 0 bridgehead atoms. The molecule has 0 saturated carbocycles. The largest absolute Gasteiger partial charge is 0.356 e. The molecule has 0 fully saturated rings. The van der Waals surface area contributed by atoms with E-state index in [0.29, 0.717) is 0 Å². The maximum Gasteiger partial charge on any atom is 0.167 e. The minimum atomic E-state index is 0.156. The van der Waals surface area contributed by atoms with Gasteiger partial charge in [-0.1, -0.05) is 67.5 Å². The number of nitrogens with one attached hydrogen (secondary N) is 1. The second kappa shape index (κ2) is 6.37. The van der Waals surface area contributed by atoms with Gasteiger partial charge in [-0.25, -0.2) is 0 Å². The van der Waals surface area contributed by atoms with Crippen LogP contribution in [0.2, 0.25) is 1.41 Å². The molecule has 4 rings (SSSR count). The summed E-state index contributed by atoms with van der Waals surface area (Å²) in [5.74, 6) is 0. The third-order valence-corrected chi connectivity index (χ3v) is 7.93. The first-order valence-electron chi connectivity index (χ1n) is 11.8. The zero-order valence-corrected chi connectivity index (χ0v) is 19.7. The normalized spacial score (nSPS) is 23.5. The van der Waals surface area contributed by atoms with E-state index >= 15 is 0 Å². The van der Waals surface area contributed by atoms with E-state index in [9.17, 15) is 0 Å². The van der Waals surface area contributed by atoms with Gasteiger partial charge in [0.15, 0.2) is 1.41 Å². The summed E-state index contributed by atoms with van der Waals surface area (Å²) in [6.07, 6.45) is 4.81. The lowest BCUT2D eigenvalue weighted by Gasteiger charge is -2.42. The Balaban J connectivity index is 1.77. The van der Waals surface area contributed by atoms with Gasteiger partial charge in [0, 0.05) is 11.4 Å². The minimum Gasteiger partial charge on any atom is -0.356 e. The second-order valence-electron chi connectivity index (χ2n) is 12.1. The first-order chi connectivity index (χ1) is 13.7. The summed E-state index contributed by atoms with van der Waals surface area (Å²) in [6.45, 7) is 18.8. The number of benzene rings is 2. The zero-order valence-electron chi connectivity index (χ0n) is 20.7. The third kappa shape index (κ3) is 3.51. The molecule has 0 unspecified atom stereocenters. The zero-order chi connectivity index (χ0) is 22.1. The Bertz CT molecular complexity index is 901. The number of rotatable bonds is 2. The van der Waals surface area contributed by atoms with Crippen LogP contribution in [0.25, 0.3) is 0 Å². The number of fused-ring (bicyclic) bond motifs is 2. The Morgan fingerprint density at radius 2 is 0.862 bits per heavy atom. The van der Waals surface area contributed by atoms with Gasteiger partial charge in [0.25, 0.3) is 0 Å². The maximum atomic E-state index is 8.98. The summed E-state index contributed by atoms with van der Waals surface area (Å²) in [4.78, 5) is 0. The molecule has 2 aromatic rings. The topological polar surface area (TPSA) is 12.0 Å². The molecule has 29 heavy (non-hydrogen) atoms. The first kappa shape index (κ1) is 19.2. The molecule has 0 saturated heterocycles. The highest BCUT2D eigenvalue weighted by molar-refractivity contribution is 5.65. The molecule has 1 nitrogen and oxygen atoms in total. The summed E-state index contributed by atoms with van der Waals surface area (Å²) < 4.78 is 8.98. The van der Waals surface area contributed by atoms with E-state index in [4.69, 9.17) is 1.41 Å². The van der Waals surface area contributed by atoms with Crippen molar-refractivity contribution in [1.29, 1.82) is 0 Å². The predicted octanol–water partition coefficient (Wildman–Crippen LogP) is 8.13. The first-order valence-corrected chi connectivity index (χ1v) is 11.3. The van der Waals surface area contributed by atoms with Gasteiger partial charge in [-0.3, -0.25) is 0 Å². The lowest BCUT2D eigenvalue weighted by Crippen LogP contribution is -2.34. The van der Waals surface area contributed by atoms with Crippen LogP contribution in [0.5, 0.6) is 0 Å². The van der Waals surface area contributed by atoms with Gasteiger partial charge in [-0.15, -0.1) is 0 Å². The fourth-order valence-corrected chi connectivity index (χ4v) is 5.44. The molecule has 2 aromatic carbocycles. The maximum absolute atomic E-state index is 8.98. The molecule has 0 amide bonds. The average molecular weight is 391 g/mol. The van der Waals surface area contributed by atoms with Crippen LogP contribution < -0.4 is 5.31 Å². The third-order valence-electron chi connectivity index (χ3n) is 7.93. The van der Waals surface area contributed by atoms with E-state index in [2.05, 4.69) is 91.8 Å². The van der Waals surface area contributed by atoms with Crippen LogP contribution in [0.4, 0.5) is 11.4 Å². The van der Waals surface area contributed by atoms with E-state index in [1.165, 1.54) is 47.9 Å². The standard InChI is InChI=1S/C28H39N/c1-25(2)13-15-27(5,6)23-17-19(9-11-21(23)25)29-20-10-12-22-24(18-20)28(7,8)16-14-26(22,3)4/h9-12,17-18,29H,13-16H2,1-8H3/i/hD. The van der Waals surface area contributed by atoms with Crippen molar-refractivity contribution in [1.82, 2.24) is 0 Å². The fraction of sp³-hybridized carbons (Fsp3) is 0.571. The van der Waals surface area contributed by atoms with Crippen LogP contribution in [0.3, 0.4) is 0 Å². The van der Waals surface area contributed by atoms with Gasteiger partial charge in [-0.2, -0.15) is 0 Å². The monoisotopic (exact) mass is 390 g/mol. The molecule has 156 valence electrons. The van der Waals surface area contributed by atoms with Gasteiger partial charge in [0.05, 0.1) is 0 Å². The summed E-state index contributed by atoms with van der Waals surface area (Å²) in [5.41, 5.74) is 8.37. The minimum absolute atomic E-state index is 0.156. The Labute approximate surface area is 179 Å². The smallest absolute Gasteiger partial charge is 0.167 e. The highest BCUT2D eigenvalue weighted by Crippen LogP contribution is 2.48. The summed E-state index contributed by atoms with van der Waals surface area (Å²) in [5, 5.41) is 1.63. The Morgan fingerprint density at radius 1 is 0.552 bits per heavy atom. The Kier molecular flexibility index (Phi) is 4.22. The van der Waals surface area contributed by atoms with Crippen LogP contribution in [0, 0.1) is 0 Å². The summed E-state index contributed by atoms with van der Waals surface area (Å²) in [7, 11) is 0. The van der Waals surface area contributed by atoms with E-state index in [1.807, 2.05) is 0 Å². The lowest BCUT2D eigenvalue weighted by atomic mass is 9.63. The van der Waals surface area contributed by atoms with Crippen molar-refractivity contribution in [3.63, 3.8) is 0 Å². The molecule has 2 aliphatic rings. The van der Waals surface area contributed by atoms with Crippen LogP contribution >= 0.6 is 0 Å². The van der Waals surface area contributed by atoms with Crippen molar-refractivity contribution in [2.24, 2.45) is 0 Å². The summed E-state index contributed by atoms with van der Waals surface area (Å²) in [6, 6.07) is 13.4. The molecule has 0 aromatic heterocycles. The van der Waals surface area contributed by atoms with Crippen molar-refractivity contribution in [3.05, 3.63) is 58.7 Å². The fourth-order valence-electron chi connectivity index (χ4n) is 5.44. The molecular formula is C28H39N. The molecule has 0 radical (unpaired) electrons. The molecule has 1 N–H and O–H groups in total. The van der Waals surface area contributed by atoms with Crippen LogP contribution in [-0.4, -0.2) is 0 Å². The predicted molar refractivity (Wildman–Crippen MR) is 127 cm³/mol. The molecule has 0 spiro atoms. The van der Waals surface area contributed by atoms with Crippen molar-refractivity contribution in [3.8, 4) is 0 Å². The van der Waals surface area contributed by atoms with Crippen molar-refractivity contribution in [2.45, 2.75) is 103 Å². The van der Waals surface area contributed by atoms with Gasteiger partial charge >= 0.3 is 0 Å². The van der Waals surface area contributed by atoms with Gasteiger partial charge in [0.2, 0.25) is 0 Å². The molecule has 0 atom stereocenters. The number of anilines is 2.